The second-order valence-electron chi connectivity index (χ2n) is 6.84. The van der Waals surface area contributed by atoms with Crippen LogP contribution in [0.3, 0.4) is 0 Å². The highest BCUT2D eigenvalue weighted by Gasteiger charge is 2.20. The van der Waals surface area contributed by atoms with Crippen molar-refractivity contribution in [3.63, 3.8) is 0 Å². The number of ether oxygens (including phenoxy) is 2. The molecule has 0 fully saturated rings. The molecule has 0 aliphatic carbocycles. The van der Waals surface area contributed by atoms with Gasteiger partial charge in [0.25, 0.3) is 5.91 Å². The molecular weight excluding hydrogens is 334 g/mol. The quantitative estimate of drug-likeness (QED) is 0.814. The zero-order valence-electron chi connectivity index (χ0n) is 15.5. The van der Waals surface area contributed by atoms with E-state index < -0.39 is 11.9 Å². The minimum absolute atomic E-state index is 0.111. The van der Waals surface area contributed by atoms with Crippen molar-refractivity contribution in [2.45, 2.75) is 26.2 Å². The number of rotatable bonds is 4. The number of carbonyl (C=O) groups excluding carboxylic acids is 2. The molecule has 2 aromatic carbocycles. The van der Waals surface area contributed by atoms with E-state index >= 15 is 0 Å². The van der Waals surface area contributed by atoms with Gasteiger partial charge in [0.1, 0.15) is 11.5 Å². The van der Waals surface area contributed by atoms with Gasteiger partial charge < -0.3 is 19.9 Å². The van der Waals surface area contributed by atoms with Gasteiger partial charge in [0.05, 0.1) is 31.0 Å². The predicted molar refractivity (Wildman–Crippen MR) is 99.1 cm³/mol. The molecule has 0 aliphatic rings. The summed E-state index contributed by atoms with van der Waals surface area (Å²) in [7, 11) is 2.72. The van der Waals surface area contributed by atoms with Crippen molar-refractivity contribution in [1.82, 2.24) is 0 Å². The molecule has 0 spiro atoms. The van der Waals surface area contributed by atoms with Crippen LogP contribution in [0.1, 0.15) is 47.1 Å². The average molecular weight is 357 g/mol. The summed E-state index contributed by atoms with van der Waals surface area (Å²) in [6.07, 6.45) is 0. The van der Waals surface area contributed by atoms with Crippen LogP contribution in [0.5, 0.6) is 11.5 Å². The molecule has 6 nitrogen and oxygen atoms in total. The van der Waals surface area contributed by atoms with Crippen LogP contribution in [0, 0.1) is 0 Å². The molecule has 2 aromatic rings. The standard InChI is InChI=1S/C20H23NO5/c1-20(2,3)13-7-9-16(22)14(11-13)18(23)21-15-8-6-12(19(24)26-5)10-17(15)25-4/h6-11,22H,1-5H3,(H,21,23). The van der Waals surface area contributed by atoms with E-state index in [1.54, 1.807) is 18.2 Å². The van der Waals surface area contributed by atoms with Crippen molar-refractivity contribution in [2.24, 2.45) is 0 Å². The fraction of sp³-hybridized carbons (Fsp3) is 0.300. The van der Waals surface area contributed by atoms with E-state index in [0.717, 1.165) is 5.56 Å². The van der Waals surface area contributed by atoms with E-state index in [4.69, 9.17) is 4.74 Å². The minimum atomic E-state index is -0.503. The maximum Gasteiger partial charge on any atom is 0.337 e. The first kappa shape index (κ1) is 19.3. The first-order valence-corrected chi connectivity index (χ1v) is 8.08. The van der Waals surface area contributed by atoms with Gasteiger partial charge in [-0.1, -0.05) is 26.8 Å². The number of methoxy groups -OCH3 is 2. The third-order valence-corrected chi connectivity index (χ3v) is 3.98. The van der Waals surface area contributed by atoms with Crippen LogP contribution in [0.15, 0.2) is 36.4 Å². The van der Waals surface area contributed by atoms with Crippen molar-refractivity contribution in [3.05, 3.63) is 53.1 Å². The first-order valence-electron chi connectivity index (χ1n) is 8.08. The van der Waals surface area contributed by atoms with Crippen molar-refractivity contribution in [3.8, 4) is 11.5 Å². The third kappa shape index (κ3) is 4.14. The number of hydrogen-bond donors (Lipinski definition) is 2. The van der Waals surface area contributed by atoms with E-state index in [1.807, 2.05) is 20.8 Å². The van der Waals surface area contributed by atoms with E-state index in [1.165, 1.54) is 32.4 Å². The van der Waals surface area contributed by atoms with Crippen LogP contribution >= 0.6 is 0 Å². The summed E-state index contributed by atoms with van der Waals surface area (Å²) in [4.78, 5) is 24.3. The number of aromatic hydroxyl groups is 1. The van der Waals surface area contributed by atoms with Gasteiger partial charge in [-0.25, -0.2) is 4.79 Å². The van der Waals surface area contributed by atoms with Gasteiger partial charge in [-0.3, -0.25) is 4.79 Å². The van der Waals surface area contributed by atoms with Crippen molar-refractivity contribution >= 4 is 17.6 Å². The number of amides is 1. The van der Waals surface area contributed by atoms with E-state index in [-0.39, 0.29) is 16.7 Å². The molecule has 0 heterocycles. The smallest absolute Gasteiger partial charge is 0.337 e. The highest BCUT2D eigenvalue weighted by atomic mass is 16.5. The summed E-state index contributed by atoms with van der Waals surface area (Å²) in [5.41, 5.74) is 1.61. The first-order chi connectivity index (χ1) is 12.2. The molecule has 0 aliphatic heterocycles. The Kier molecular flexibility index (Phi) is 5.55. The molecule has 0 radical (unpaired) electrons. The van der Waals surface area contributed by atoms with Gasteiger partial charge in [0, 0.05) is 0 Å². The summed E-state index contributed by atoms with van der Waals surface area (Å²) < 4.78 is 9.91. The highest BCUT2D eigenvalue weighted by Crippen LogP contribution is 2.30. The van der Waals surface area contributed by atoms with Gasteiger partial charge in [0.15, 0.2) is 0 Å². The van der Waals surface area contributed by atoms with Crippen LogP contribution in [0.4, 0.5) is 5.69 Å². The Balaban J connectivity index is 2.34. The lowest BCUT2D eigenvalue weighted by molar-refractivity contribution is 0.0600. The normalized spacial score (nSPS) is 11.0. The molecule has 1 amide bonds. The Hall–Kier alpha value is -3.02. The molecule has 2 rings (SSSR count). The highest BCUT2D eigenvalue weighted by molar-refractivity contribution is 6.07. The monoisotopic (exact) mass is 357 g/mol. The number of carbonyl (C=O) groups is 2. The number of benzene rings is 2. The lowest BCUT2D eigenvalue weighted by atomic mass is 9.86. The molecule has 0 atom stereocenters. The Labute approximate surface area is 152 Å². The number of hydrogen-bond acceptors (Lipinski definition) is 5. The van der Waals surface area contributed by atoms with Crippen molar-refractivity contribution in [2.75, 3.05) is 19.5 Å². The number of esters is 1. The number of phenols is 1. The maximum atomic E-state index is 12.6. The predicted octanol–water partition coefficient (Wildman–Crippen LogP) is 3.74. The van der Waals surface area contributed by atoms with Crippen LogP contribution in [0.2, 0.25) is 0 Å². The van der Waals surface area contributed by atoms with Crippen molar-refractivity contribution in [1.29, 1.82) is 0 Å². The molecule has 0 bridgehead atoms. The van der Waals surface area contributed by atoms with E-state index in [9.17, 15) is 14.7 Å². The third-order valence-electron chi connectivity index (χ3n) is 3.98. The van der Waals surface area contributed by atoms with Gasteiger partial charge in [-0.15, -0.1) is 0 Å². The van der Waals surface area contributed by atoms with Crippen molar-refractivity contribution < 1.29 is 24.2 Å². The number of anilines is 1. The summed E-state index contributed by atoms with van der Waals surface area (Å²) in [6.45, 7) is 6.07. The second kappa shape index (κ2) is 7.47. The van der Waals surface area contributed by atoms with E-state index in [0.29, 0.717) is 17.0 Å². The molecule has 2 N–H and O–H groups in total. The lowest BCUT2D eigenvalue weighted by Crippen LogP contribution is -2.16. The molecule has 0 unspecified atom stereocenters. The number of nitrogens with one attached hydrogen (secondary N) is 1. The van der Waals surface area contributed by atoms with Crippen LogP contribution in [0.25, 0.3) is 0 Å². The van der Waals surface area contributed by atoms with Crippen LogP contribution in [-0.2, 0) is 10.2 Å². The van der Waals surface area contributed by atoms with E-state index in [2.05, 4.69) is 10.1 Å². The summed E-state index contributed by atoms with van der Waals surface area (Å²) in [5, 5.41) is 12.8. The maximum absolute atomic E-state index is 12.6. The fourth-order valence-corrected chi connectivity index (χ4v) is 2.41. The Morgan fingerprint density at radius 2 is 1.73 bits per heavy atom. The zero-order chi connectivity index (χ0) is 19.5. The SMILES string of the molecule is COC(=O)c1ccc(NC(=O)c2cc(C(C)(C)C)ccc2O)c(OC)c1. The second-order valence-corrected chi connectivity index (χ2v) is 6.84. The van der Waals surface area contributed by atoms with Gasteiger partial charge in [0.2, 0.25) is 0 Å². The van der Waals surface area contributed by atoms with Crippen LogP contribution < -0.4 is 10.1 Å². The Morgan fingerprint density at radius 3 is 2.31 bits per heavy atom. The molecule has 26 heavy (non-hydrogen) atoms. The Morgan fingerprint density at radius 1 is 1.04 bits per heavy atom. The fourth-order valence-electron chi connectivity index (χ4n) is 2.41. The summed E-state index contributed by atoms with van der Waals surface area (Å²) in [5.74, 6) is -0.775. The lowest BCUT2D eigenvalue weighted by Gasteiger charge is -2.20. The molecule has 0 saturated carbocycles. The van der Waals surface area contributed by atoms with Gasteiger partial charge in [-0.05, 0) is 41.3 Å². The average Bonchev–Trinajstić information content (AvgIpc) is 2.60. The largest absolute Gasteiger partial charge is 0.507 e. The topological polar surface area (TPSA) is 84.9 Å². The summed E-state index contributed by atoms with van der Waals surface area (Å²) >= 11 is 0. The molecular formula is C20H23NO5. The molecule has 138 valence electrons. The molecule has 6 heteroatoms. The molecule has 0 aromatic heterocycles. The van der Waals surface area contributed by atoms with Gasteiger partial charge >= 0.3 is 5.97 Å². The number of phenolic OH excluding ortho intramolecular Hbond substituents is 1. The zero-order valence-corrected chi connectivity index (χ0v) is 15.5. The van der Waals surface area contributed by atoms with Gasteiger partial charge in [-0.2, -0.15) is 0 Å². The molecule has 0 saturated heterocycles. The summed E-state index contributed by atoms with van der Waals surface area (Å²) in [6, 6.07) is 9.51. The minimum Gasteiger partial charge on any atom is -0.507 e. The Bertz CT molecular complexity index is 837. The van der Waals surface area contributed by atoms with Crippen LogP contribution in [-0.4, -0.2) is 31.2 Å².